The Morgan fingerprint density at radius 1 is 0.844 bits per heavy atom. The third kappa shape index (κ3) is 6.25. The molecule has 3 aromatic rings. The number of carbonyl (C=O) groups excluding carboxylic acids is 1. The Balaban J connectivity index is 1.39. The van der Waals surface area contributed by atoms with Crippen molar-refractivity contribution in [3.8, 4) is 0 Å². The molecule has 0 aromatic heterocycles. The number of carbonyl (C=O) groups is 1. The van der Waals surface area contributed by atoms with E-state index >= 15 is 0 Å². The fourth-order valence-corrected chi connectivity index (χ4v) is 4.11. The molecule has 1 amide bonds. The third-order valence-corrected chi connectivity index (χ3v) is 5.89. The van der Waals surface area contributed by atoms with Crippen LogP contribution in [0.5, 0.6) is 0 Å². The molecule has 1 heterocycles. The Morgan fingerprint density at radius 3 is 2.19 bits per heavy atom. The zero-order chi connectivity index (χ0) is 22.2. The second-order valence-electron chi connectivity index (χ2n) is 8.37. The van der Waals surface area contributed by atoms with Crippen LogP contribution in [0.2, 0.25) is 0 Å². The van der Waals surface area contributed by atoms with Crippen molar-refractivity contribution in [3.63, 3.8) is 0 Å². The number of likely N-dealkylation sites (tertiary alicyclic amines) is 1. The summed E-state index contributed by atoms with van der Waals surface area (Å²) in [6.45, 7) is 3.94. The minimum Gasteiger partial charge on any atom is -0.324 e. The van der Waals surface area contributed by atoms with Crippen LogP contribution >= 0.6 is 0 Å². The highest BCUT2D eigenvalue weighted by Crippen LogP contribution is 2.18. The maximum Gasteiger partial charge on any atom is 0.246 e. The van der Waals surface area contributed by atoms with Gasteiger partial charge in [-0.2, -0.15) is 0 Å². The quantitative estimate of drug-likeness (QED) is 0.510. The zero-order valence-corrected chi connectivity index (χ0v) is 18.3. The number of halogens is 1. The Morgan fingerprint density at radius 2 is 1.50 bits per heavy atom. The van der Waals surface area contributed by atoms with Crippen molar-refractivity contribution >= 4 is 11.6 Å². The predicted molar refractivity (Wildman–Crippen MR) is 127 cm³/mol. The topological polar surface area (TPSA) is 44.4 Å². The SMILES string of the molecule is O=C(Nc1ccc(F)cc1)C(NCc1ccc(CN2CCCCC2)cc1)c1ccccc1. The van der Waals surface area contributed by atoms with Crippen LogP contribution in [0.25, 0.3) is 0 Å². The molecule has 0 aliphatic carbocycles. The number of nitrogens with one attached hydrogen (secondary N) is 2. The number of anilines is 1. The van der Waals surface area contributed by atoms with E-state index in [-0.39, 0.29) is 11.7 Å². The van der Waals surface area contributed by atoms with Gasteiger partial charge in [-0.15, -0.1) is 0 Å². The molecule has 2 N–H and O–H groups in total. The summed E-state index contributed by atoms with van der Waals surface area (Å²) in [4.78, 5) is 15.5. The van der Waals surface area contributed by atoms with Gasteiger partial charge in [0.2, 0.25) is 5.91 Å². The number of hydrogen-bond donors (Lipinski definition) is 2. The summed E-state index contributed by atoms with van der Waals surface area (Å²) in [5.74, 6) is -0.506. The van der Waals surface area contributed by atoms with E-state index in [9.17, 15) is 9.18 Å². The summed E-state index contributed by atoms with van der Waals surface area (Å²) in [6.07, 6.45) is 3.93. The lowest BCUT2D eigenvalue weighted by Crippen LogP contribution is -2.32. The smallest absolute Gasteiger partial charge is 0.246 e. The van der Waals surface area contributed by atoms with E-state index in [1.165, 1.54) is 50.0 Å². The summed E-state index contributed by atoms with van der Waals surface area (Å²) in [6, 6.07) is 23.6. The molecule has 1 saturated heterocycles. The third-order valence-electron chi connectivity index (χ3n) is 5.89. The number of rotatable bonds is 8. The van der Waals surface area contributed by atoms with Crippen molar-refractivity contribution in [1.29, 1.82) is 0 Å². The van der Waals surface area contributed by atoms with E-state index < -0.39 is 6.04 Å². The van der Waals surface area contributed by atoms with Crippen LogP contribution in [0, 0.1) is 5.82 Å². The van der Waals surface area contributed by atoms with Gasteiger partial charge in [0.25, 0.3) is 0 Å². The lowest BCUT2D eigenvalue weighted by atomic mass is 10.0. The van der Waals surface area contributed by atoms with Gasteiger partial charge in [-0.05, 0) is 66.9 Å². The molecule has 4 nitrogen and oxygen atoms in total. The summed E-state index contributed by atoms with van der Waals surface area (Å²) in [5, 5.41) is 6.27. The van der Waals surface area contributed by atoms with E-state index in [2.05, 4.69) is 39.8 Å². The van der Waals surface area contributed by atoms with Gasteiger partial charge < -0.3 is 5.32 Å². The van der Waals surface area contributed by atoms with Crippen molar-refractivity contribution in [2.24, 2.45) is 0 Å². The van der Waals surface area contributed by atoms with Gasteiger partial charge >= 0.3 is 0 Å². The molecule has 4 rings (SSSR count). The second-order valence-corrected chi connectivity index (χ2v) is 8.37. The molecule has 5 heteroatoms. The van der Waals surface area contributed by atoms with Crippen LogP contribution in [0.4, 0.5) is 10.1 Å². The van der Waals surface area contributed by atoms with Crippen LogP contribution in [-0.4, -0.2) is 23.9 Å². The first-order valence-electron chi connectivity index (χ1n) is 11.3. The Labute approximate surface area is 189 Å². The van der Waals surface area contributed by atoms with Crippen molar-refractivity contribution in [2.45, 2.75) is 38.4 Å². The van der Waals surface area contributed by atoms with Crippen molar-refractivity contribution in [1.82, 2.24) is 10.2 Å². The normalized spacial score (nSPS) is 15.3. The van der Waals surface area contributed by atoms with E-state index in [0.717, 1.165) is 17.7 Å². The van der Waals surface area contributed by atoms with Gasteiger partial charge in [0.15, 0.2) is 0 Å². The molecule has 1 unspecified atom stereocenters. The summed E-state index contributed by atoms with van der Waals surface area (Å²) in [5.41, 5.74) is 3.90. The number of piperidine rings is 1. The van der Waals surface area contributed by atoms with E-state index in [4.69, 9.17) is 0 Å². The molecule has 0 saturated carbocycles. The van der Waals surface area contributed by atoms with Crippen LogP contribution in [-0.2, 0) is 17.9 Å². The van der Waals surface area contributed by atoms with Gasteiger partial charge in [-0.3, -0.25) is 15.0 Å². The molecule has 1 aliphatic heterocycles. The van der Waals surface area contributed by atoms with Crippen LogP contribution < -0.4 is 10.6 Å². The zero-order valence-electron chi connectivity index (χ0n) is 18.3. The van der Waals surface area contributed by atoms with Crippen molar-refractivity contribution in [2.75, 3.05) is 18.4 Å². The minimum atomic E-state index is -0.519. The summed E-state index contributed by atoms with van der Waals surface area (Å²) < 4.78 is 13.2. The van der Waals surface area contributed by atoms with E-state index in [0.29, 0.717) is 12.2 Å². The lowest BCUT2D eigenvalue weighted by molar-refractivity contribution is -0.118. The molecule has 1 atom stereocenters. The van der Waals surface area contributed by atoms with Gasteiger partial charge in [-0.1, -0.05) is 61.0 Å². The van der Waals surface area contributed by atoms with Gasteiger partial charge in [0.1, 0.15) is 11.9 Å². The highest BCUT2D eigenvalue weighted by molar-refractivity contribution is 5.95. The van der Waals surface area contributed by atoms with Crippen LogP contribution in [0.15, 0.2) is 78.9 Å². The molecule has 166 valence electrons. The number of nitrogens with zero attached hydrogens (tertiary/aromatic N) is 1. The molecule has 0 bridgehead atoms. The number of amides is 1. The molecular weight excluding hydrogens is 401 g/mol. The van der Waals surface area contributed by atoms with E-state index in [1.54, 1.807) is 12.1 Å². The van der Waals surface area contributed by atoms with Crippen molar-refractivity contribution in [3.05, 3.63) is 101 Å². The molecular formula is C27H30FN3O. The maximum absolute atomic E-state index is 13.2. The fourth-order valence-electron chi connectivity index (χ4n) is 4.11. The number of benzene rings is 3. The monoisotopic (exact) mass is 431 g/mol. The first-order chi connectivity index (χ1) is 15.7. The molecule has 32 heavy (non-hydrogen) atoms. The lowest BCUT2D eigenvalue weighted by Gasteiger charge is -2.26. The first-order valence-corrected chi connectivity index (χ1v) is 11.3. The van der Waals surface area contributed by atoms with Crippen molar-refractivity contribution < 1.29 is 9.18 Å². The Kier molecular flexibility index (Phi) is 7.64. The van der Waals surface area contributed by atoms with Gasteiger partial charge in [0.05, 0.1) is 0 Å². The molecule has 0 spiro atoms. The standard InChI is InChI=1S/C27H30FN3O/c28-24-13-15-25(16-14-24)30-27(32)26(23-7-3-1-4-8-23)29-19-21-9-11-22(12-10-21)20-31-17-5-2-6-18-31/h1,3-4,7-16,26,29H,2,5-6,17-20H2,(H,30,32). The molecule has 3 aromatic carbocycles. The maximum atomic E-state index is 13.2. The average molecular weight is 432 g/mol. The fraction of sp³-hybridized carbons (Fsp3) is 0.296. The first kappa shape index (κ1) is 22.2. The molecule has 1 fully saturated rings. The second kappa shape index (κ2) is 11.0. The summed E-state index contributed by atoms with van der Waals surface area (Å²) >= 11 is 0. The van der Waals surface area contributed by atoms with Gasteiger partial charge in [-0.25, -0.2) is 4.39 Å². The highest BCUT2D eigenvalue weighted by Gasteiger charge is 2.20. The van der Waals surface area contributed by atoms with Crippen LogP contribution in [0.1, 0.15) is 42.0 Å². The van der Waals surface area contributed by atoms with Gasteiger partial charge in [0, 0.05) is 18.8 Å². The minimum absolute atomic E-state index is 0.176. The Bertz CT molecular complexity index is 984. The average Bonchev–Trinajstić information content (AvgIpc) is 2.83. The van der Waals surface area contributed by atoms with Crippen LogP contribution in [0.3, 0.4) is 0 Å². The number of hydrogen-bond acceptors (Lipinski definition) is 3. The molecule has 1 aliphatic rings. The van der Waals surface area contributed by atoms with E-state index in [1.807, 2.05) is 30.3 Å². The largest absolute Gasteiger partial charge is 0.324 e. The Hall–Kier alpha value is -3.02. The predicted octanol–water partition coefficient (Wildman–Crippen LogP) is 5.28. The molecule has 0 radical (unpaired) electrons. The summed E-state index contributed by atoms with van der Waals surface area (Å²) in [7, 11) is 0. The highest BCUT2D eigenvalue weighted by atomic mass is 19.1.